The molecular formula is C29H32N2O8S. The minimum absolute atomic E-state index is 0.133. The summed E-state index contributed by atoms with van der Waals surface area (Å²) in [6.07, 6.45) is 3.32. The molecule has 0 radical (unpaired) electrons. The molecule has 1 aromatic carbocycles. The van der Waals surface area contributed by atoms with Gasteiger partial charge in [0.1, 0.15) is 22.8 Å². The Kier molecular flexibility index (Phi) is 7.88. The predicted molar refractivity (Wildman–Crippen MR) is 150 cm³/mol. The molecule has 6 atom stereocenters. The molecule has 3 aliphatic rings. The number of nitrogens with two attached hydrogens (primary N) is 1. The second-order valence-electron chi connectivity index (χ2n) is 10.1. The Morgan fingerprint density at radius 2 is 1.93 bits per heavy atom. The van der Waals surface area contributed by atoms with E-state index in [4.69, 9.17) is 5.73 Å². The van der Waals surface area contributed by atoms with E-state index in [2.05, 4.69) is 13.2 Å². The van der Waals surface area contributed by atoms with Crippen LogP contribution in [0.2, 0.25) is 0 Å². The molecule has 1 aromatic rings. The summed E-state index contributed by atoms with van der Waals surface area (Å²) >= 11 is 1.30. The number of rotatable bonds is 8. The molecule has 212 valence electrons. The summed E-state index contributed by atoms with van der Waals surface area (Å²) in [5.41, 5.74) is 1.33. The van der Waals surface area contributed by atoms with Gasteiger partial charge in [0.15, 0.2) is 11.4 Å². The average Bonchev–Trinajstić information content (AvgIpc) is 2.90. The summed E-state index contributed by atoms with van der Waals surface area (Å²) in [4.78, 5) is 41.7. The van der Waals surface area contributed by atoms with Gasteiger partial charge in [0, 0.05) is 28.1 Å². The Balaban J connectivity index is 1.99. The zero-order valence-corrected chi connectivity index (χ0v) is 22.9. The van der Waals surface area contributed by atoms with Crippen LogP contribution in [0.5, 0.6) is 5.75 Å². The quantitative estimate of drug-likeness (QED) is 0.200. The lowest BCUT2D eigenvalue weighted by Gasteiger charge is -2.54. The van der Waals surface area contributed by atoms with Gasteiger partial charge in [-0.2, -0.15) is 0 Å². The number of allylic oxidation sites excluding steroid dienone is 3. The number of likely N-dealkylation sites (N-methyl/N-ethyl adjacent to an activating group) is 1. The molecule has 11 heteroatoms. The van der Waals surface area contributed by atoms with Gasteiger partial charge in [-0.3, -0.25) is 19.3 Å². The van der Waals surface area contributed by atoms with Gasteiger partial charge in [0.25, 0.3) is 5.91 Å². The lowest BCUT2D eigenvalue weighted by Crippen LogP contribution is -2.69. The third kappa shape index (κ3) is 4.21. The van der Waals surface area contributed by atoms with Crippen molar-refractivity contribution in [3.63, 3.8) is 0 Å². The number of hydrogen-bond donors (Lipinski definition) is 6. The summed E-state index contributed by atoms with van der Waals surface area (Å²) in [7, 11) is 1.54. The summed E-state index contributed by atoms with van der Waals surface area (Å²) in [5.74, 6) is -9.00. The first-order valence-electron chi connectivity index (χ1n) is 12.6. The van der Waals surface area contributed by atoms with Crippen molar-refractivity contribution in [3.8, 4) is 5.75 Å². The van der Waals surface area contributed by atoms with E-state index in [0.717, 1.165) is 0 Å². The number of aliphatic hydroxyl groups is 4. The number of thioether (sulfide) groups is 1. The number of Topliss-reactive ketones (excluding diaryl/α,β-unsaturated/α-hetero) is 2. The molecule has 0 heterocycles. The molecule has 1 amide bonds. The van der Waals surface area contributed by atoms with Gasteiger partial charge >= 0.3 is 0 Å². The van der Waals surface area contributed by atoms with Gasteiger partial charge in [-0.1, -0.05) is 44.4 Å². The van der Waals surface area contributed by atoms with Crippen LogP contribution >= 0.6 is 11.8 Å². The minimum atomic E-state index is -2.96. The number of benzene rings is 1. The van der Waals surface area contributed by atoms with Crippen molar-refractivity contribution in [2.45, 2.75) is 30.6 Å². The van der Waals surface area contributed by atoms with E-state index in [9.17, 15) is 39.9 Å². The topological polar surface area (TPSA) is 182 Å². The predicted octanol–water partition coefficient (Wildman–Crippen LogP) is 2.01. The number of nitrogens with zero attached hydrogens (tertiary/aromatic N) is 1. The summed E-state index contributed by atoms with van der Waals surface area (Å²) in [5, 5.41) is 57.1. The van der Waals surface area contributed by atoms with Gasteiger partial charge in [-0.05, 0) is 31.3 Å². The monoisotopic (exact) mass is 568 g/mol. The zero-order valence-electron chi connectivity index (χ0n) is 22.1. The zero-order chi connectivity index (χ0) is 29.7. The van der Waals surface area contributed by atoms with Crippen molar-refractivity contribution in [1.29, 1.82) is 0 Å². The van der Waals surface area contributed by atoms with Crippen LogP contribution in [0.25, 0.3) is 0 Å². The van der Waals surface area contributed by atoms with E-state index in [0.29, 0.717) is 10.5 Å². The molecule has 10 nitrogen and oxygen atoms in total. The maximum absolute atomic E-state index is 13.8. The van der Waals surface area contributed by atoms with Gasteiger partial charge < -0.3 is 31.3 Å². The number of fused-ring (bicyclic) bond motifs is 3. The molecule has 3 aliphatic carbocycles. The summed E-state index contributed by atoms with van der Waals surface area (Å²) in [6.45, 7) is 9.58. The Morgan fingerprint density at radius 3 is 2.52 bits per heavy atom. The van der Waals surface area contributed by atoms with E-state index in [1.807, 2.05) is 0 Å². The summed E-state index contributed by atoms with van der Waals surface area (Å²) in [6, 6.07) is 3.17. The molecule has 0 bridgehead atoms. The SMILES string of the molecule is C=C/C=C\C(=C)SCC1c2cccc(O)c2C(=O)C2=C(O)[C@]3(O)C(=O)C(C(N)=O)=C(O)[C@@H](N(C)CC)C3C(O)C21. The maximum Gasteiger partial charge on any atom is 0.255 e. The molecule has 7 N–H and O–H groups in total. The van der Waals surface area contributed by atoms with Crippen molar-refractivity contribution in [2.24, 2.45) is 17.6 Å². The third-order valence-electron chi connectivity index (χ3n) is 8.08. The van der Waals surface area contributed by atoms with Gasteiger partial charge in [0.05, 0.1) is 23.6 Å². The number of phenols is 1. The molecule has 4 unspecified atom stereocenters. The number of aliphatic hydroxyl groups excluding tert-OH is 3. The maximum atomic E-state index is 13.8. The van der Waals surface area contributed by atoms with Crippen LogP contribution in [0.4, 0.5) is 0 Å². The van der Waals surface area contributed by atoms with Crippen molar-refractivity contribution in [2.75, 3.05) is 19.3 Å². The number of hydrogen-bond acceptors (Lipinski definition) is 10. The number of aromatic hydroxyl groups is 1. The first-order valence-corrected chi connectivity index (χ1v) is 13.6. The number of carbonyl (C=O) groups excluding carboxylic acids is 3. The number of carbonyl (C=O) groups is 3. The highest BCUT2D eigenvalue weighted by atomic mass is 32.2. The van der Waals surface area contributed by atoms with Gasteiger partial charge in [0.2, 0.25) is 5.78 Å². The second-order valence-corrected chi connectivity index (χ2v) is 11.2. The van der Waals surface area contributed by atoms with Crippen LogP contribution in [-0.4, -0.2) is 85.0 Å². The highest BCUT2D eigenvalue weighted by Gasteiger charge is 2.67. The first kappa shape index (κ1) is 29.3. The smallest absolute Gasteiger partial charge is 0.255 e. The number of ketones is 2. The molecule has 40 heavy (non-hydrogen) atoms. The van der Waals surface area contributed by atoms with Gasteiger partial charge in [-0.25, -0.2) is 0 Å². The summed E-state index contributed by atoms with van der Waals surface area (Å²) < 4.78 is 0. The van der Waals surface area contributed by atoms with E-state index in [1.54, 1.807) is 44.3 Å². The molecule has 4 rings (SSSR count). The van der Waals surface area contributed by atoms with E-state index in [1.165, 1.54) is 22.7 Å². The largest absolute Gasteiger partial charge is 0.510 e. The van der Waals surface area contributed by atoms with Crippen LogP contribution < -0.4 is 5.73 Å². The van der Waals surface area contributed by atoms with Crippen LogP contribution in [0.3, 0.4) is 0 Å². The normalized spacial score (nSPS) is 29.9. The molecule has 0 saturated heterocycles. The molecule has 0 aliphatic heterocycles. The van der Waals surface area contributed by atoms with E-state index in [-0.39, 0.29) is 23.6 Å². The Labute approximate surface area is 235 Å². The van der Waals surface area contributed by atoms with Crippen molar-refractivity contribution in [1.82, 2.24) is 4.90 Å². The fourth-order valence-electron chi connectivity index (χ4n) is 6.13. The van der Waals surface area contributed by atoms with Crippen molar-refractivity contribution < 1.29 is 39.9 Å². The molecule has 0 saturated carbocycles. The minimum Gasteiger partial charge on any atom is -0.510 e. The molecule has 0 aromatic heterocycles. The molecule has 0 fully saturated rings. The van der Waals surface area contributed by atoms with Crippen molar-refractivity contribution >= 4 is 29.2 Å². The number of primary amides is 1. The van der Waals surface area contributed by atoms with Gasteiger partial charge in [-0.15, -0.1) is 11.8 Å². The number of amides is 1. The Morgan fingerprint density at radius 1 is 1.25 bits per heavy atom. The lowest BCUT2D eigenvalue weighted by atomic mass is 9.55. The van der Waals surface area contributed by atoms with Crippen LogP contribution in [0.1, 0.15) is 28.8 Å². The molecule has 0 spiro atoms. The first-order chi connectivity index (χ1) is 18.8. The van der Waals surface area contributed by atoms with E-state index < -0.39 is 75.6 Å². The highest BCUT2D eigenvalue weighted by Crippen LogP contribution is 2.56. The third-order valence-corrected chi connectivity index (χ3v) is 9.12. The van der Waals surface area contributed by atoms with Crippen LogP contribution in [-0.2, 0) is 9.59 Å². The standard InChI is InChI=1S/C29H32N2O8S/c1-5-7-9-13(3)40-12-15-14-10-8-11-16(32)17(14)23(33)19-18(15)24(34)21-22(31(4)6-2)25(35)20(28(30)38)27(37)29(21,39)26(19)36/h5,7-11,15,18,21-22,24,32,34-36,39H,1,3,6,12H2,2,4H3,(H2,30,38)/b9-7-/t15?,18?,21?,22-,24?,29-/m0/s1. The molecular weight excluding hydrogens is 536 g/mol. The highest BCUT2D eigenvalue weighted by molar-refractivity contribution is 8.03. The van der Waals surface area contributed by atoms with E-state index >= 15 is 0 Å². The average molecular weight is 569 g/mol. The Hall–Kier alpha value is -3.64. The lowest BCUT2D eigenvalue weighted by molar-refractivity contribution is -0.162. The number of phenolic OH excluding ortho intramolecular Hbond substituents is 1. The fraction of sp³-hybridized carbons (Fsp3) is 0.345. The Bertz CT molecular complexity index is 1410. The fourth-order valence-corrected chi connectivity index (χ4v) is 7.09. The van der Waals surface area contributed by atoms with Crippen LogP contribution in [0.15, 0.2) is 77.2 Å². The van der Waals surface area contributed by atoms with Crippen molar-refractivity contribution in [3.05, 3.63) is 88.3 Å². The second kappa shape index (κ2) is 10.7. The van der Waals surface area contributed by atoms with Crippen LogP contribution in [0, 0.1) is 11.8 Å².